The van der Waals surface area contributed by atoms with E-state index in [0.717, 1.165) is 43.2 Å². The average Bonchev–Trinajstić information content (AvgIpc) is 3.11. The molecule has 1 atom stereocenters. The first-order valence-electron chi connectivity index (χ1n) is 9.91. The number of alkyl halides is 3. The number of nitrogens with one attached hydrogen (secondary N) is 1. The van der Waals surface area contributed by atoms with Crippen molar-refractivity contribution >= 4 is 60.7 Å². The van der Waals surface area contributed by atoms with Gasteiger partial charge in [-0.3, -0.25) is 14.2 Å². The first-order valence-corrected chi connectivity index (χ1v) is 11.9. The number of thiophene rings is 1. The molecule has 0 aliphatic rings. The van der Waals surface area contributed by atoms with Crippen molar-refractivity contribution in [3.8, 4) is 11.1 Å². The Balaban J connectivity index is 1.72. The van der Waals surface area contributed by atoms with E-state index in [0.29, 0.717) is 10.2 Å². The molecular weight excluding hydrogens is 555 g/mol. The van der Waals surface area contributed by atoms with E-state index in [1.165, 1.54) is 24.6 Å². The Morgan fingerprint density at radius 3 is 2.53 bits per heavy atom. The standard InChI is InChI=1S/C23H16BrClF3N3O2S/c1-11(20(32)30-17-9-14(23(26,27)28)5-8-16(17)25)31-10-29-21-19(22(31)33)18(12(2)34-21)13-3-6-15(24)7-4-13/h3-11H,1-2H3,(H,30,32). The molecule has 176 valence electrons. The summed E-state index contributed by atoms with van der Waals surface area (Å²) in [7, 11) is 0. The lowest BCUT2D eigenvalue weighted by atomic mass is 10.0. The molecule has 4 aromatic rings. The Morgan fingerprint density at radius 1 is 1.21 bits per heavy atom. The van der Waals surface area contributed by atoms with E-state index in [9.17, 15) is 22.8 Å². The first-order chi connectivity index (χ1) is 16.0. The predicted molar refractivity (Wildman–Crippen MR) is 132 cm³/mol. The number of hydrogen-bond donors (Lipinski definition) is 1. The number of amides is 1. The van der Waals surface area contributed by atoms with Gasteiger partial charge in [-0.2, -0.15) is 13.2 Å². The van der Waals surface area contributed by atoms with Crippen molar-refractivity contribution in [1.29, 1.82) is 0 Å². The van der Waals surface area contributed by atoms with Crippen LogP contribution < -0.4 is 10.9 Å². The molecule has 0 bridgehead atoms. The van der Waals surface area contributed by atoms with Gasteiger partial charge in [0.2, 0.25) is 5.91 Å². The quantitative estimate of drug-likeness (QED) is 0.286. The molecule has 0 aliphatic carbocycles. The third kappa shape index (κ3) is 4.62. The zero-order valence-electron chi connectivity index (χ0n) is 17.7. The van der Waals surface area contributed by atoms with Crippen LogP contribution >= 0.6 is 38.9 Å². The monoisotopic (exact) mass is 569 g/mol. The number of carbonyl (C=O) groups is 1. The number of rotatable bonds is 4. The van der Waals surface area contributed by atoms with Crippen molar-refractivity contribution < 1.29 is 18.0 Å². The molecule has 34 heavy (non-hydrogen) atoms. The van der Waals surface area contributed by atoms with E-state index in [2.05, 4.69) is 26.2 Å². The topological polar surface area (TPSA) is 64.0 Å². The SMILES string of the molecule is Cc1sc2ncn(C(C)C(=O)Nc3cc(C(F)(F)F)ccc3Cl)c(=O)c2c1-c1ccc(Br)cc1. The molecule has 5 nitrogen and oxygen atoms in total. The summed E-state index contributed by atoms with van der Waals surface area (Å²) in [6.45, 7) is 3.35. The molecule has 2 heterocycles. The van der Waals surface area contributed by atoms with Gasteiger partial charge in [-0.1, -0.05) is 39.7 Å². The van der Waals surface area contributed by atoms with Crippen LogP contribution in [0.3, 0.4) is 0 Å². The zero-order valence-corrected chi connectivity index (χ0v) is 20.9. The molecule has 1 amide bonds. The van der Waals surface area contributed by atoms with Crippen LogP contribution in [0, 0.1) is 6.92 Å². The maximum absolute atomic E-state index is 13.4. The maximum Gasteiger partial charge on any atom is 0.416 e. The first kappa shape index (κ1) is 24.4. The minimum atomic E-state index is -4.60. The second kappa shape index (κ2) is 9.16. The van der Waals surface area contributed by atoms with Crippen molar-refractivity contribution in [2.24, 2.45) is 0 Å². The minimum Gasteiger partial charge on any atom is -0.323 e. The molecule has 0 saturated heterocycles. The molecule has 1 unspecified atom stereocenters. The molecule has 2 aromatic heterocycles. The third-order valence-corrected chi connectivity index (χ3v) is 7.17. The van der Waals surface area contributed by atoms with Gasteiger partial charge in [-0.05, 0) is 49.7 Å². The number of benzene rings is 2. The number of halogens is 5. The average molecular weight is 571 g/mol. The number of fused-ring (bicyclic) bond motifs is 1. The highest BCUT2D eigenvalue weighted by atomic mass is 79.9. The normalized spacial score (nSPS) is 12.7. The molecule has 0 radical (unpaired) electrons. The highest BCUT2D eigenvalue weighted by Gasteiger charge is 2.31. The molecule has 0 aliphatic heterocycles. The fourth-order valence-corrected chi connectivity index (χ4v) is 4.95. The summed E-state index contributed by atoms with van der Waals surface area (Å²) in [5, 5.41) is 2.72. The van der Waals surface area contributed by atoms with Crippen molar-refractivity contribution in [2.75, 3.05) is 5.32 Å². The number of hydrogen-bond acceptors (Lipinski definition) is 4. The van der Waals surface area contributed by atoms with Crippen LogP contribution in [-0.2, 0) is 11.0 Å². The van der Waals surface area contributed by atoms with Gasteiger partial charge in [0.05, 0.1) is 28.0 Å². The van der Waals surface area contributed by atoms with E-state index >= 15 is 0 Å². The fraction of sp³-hybridized carbons (Fsp3) is 0.174. The third-order valence-electron chi connectivity index (χ3n) is 5.29. The summed E-state index contributed by atoms with van der Waals surface area (Å²) in [6, 6.07) is 9.06. The van der Waals surface area contributed by atoms with E-state index < -0.39 is 29.2 Å². The Morgan fingerprint density at radius 2 is 1.88 bits per heavy atom. The second-order valence-electron chi connectivity index (χ2n) is 7.53. The number of aryl methyl sites for hydroxylation is 1. The van der Waals surface area contributed by atoms with E-state index in [-0.39, 0.29) is 10.7 Å². The van der Waals surface area contributed by atoms with Crippen molar-refractivity contribution in [3.63, 3.8) is 0 Å². The molecule has 0 spiro atoms. The van der Waals surface area contributed by atoms with Gasteiger partial charge >= 0.3 is 6.18 Å². The lowest BCUT2D eigenvalue weighted by Crippen LogP contribution is -2.31. The van der Waals surface area contributed by atoms with Crippen LogP contribution in [-0.4, -0.2) is 15.5 Å². The van der Waals surface area contributed by atoms with Gasteiger partial charge in [-0.15, -0.1) is 11.3 Å². The molecule has 4 rings (SSSR count). The summed E-state index contributed by atoms with van der Waals surface area (Å²) < 4.78 is 41.2. The van der Waals surface area contributed by atoms with Crippen LogP contribution in [0.2, 0.25) is 5.02 Å². The molecule has 1 N–H and O–H groups in total. The fourth-order valence-electron chi connectivity index (χ4n) is 3.52. The van der Waals surface area contributed by atoms with Gasteiger partial charge in [0, 0.05) is 14.9 Å². The lowest BCUT2D eigenvalue weighted by molar-refractivity contribution is -0.137. The van der Waals surface area contributed by atoms with Crippen molar-refractivity contribution in [2.45, 2.75) is 26.1 Å². The van der Waals surface area contributed by atoms with Crippen molar-refractivity contribution in [1.82, 2.24) is 9.55 Å². The minimum absolute atomic E-state index is 0.0551. The van der Waals surface area contributed by atoms with Crippen LogP contribution in [0.15, 0.2) is 58.1 Å². The summed E-state index contributed by atoms with van der Waals surface area (Å²) >= 11 is 10.8. The van der Waals surface area contributed by atoms with Crippen molar-refractivity contribution in [3.05, 3.63) is 79.1 Å². The van der Waals surface area contributed by atoms with Gasteiger partial charge in [-0.25, -0.2) is 4.98 Å². The van der Waals surface area contributed by atoms with Crippen LogP contribution in [0.25, 0.3) is 21.3 Å². The predicted octanol–water partition coefficient (Wildman–Crippen LogP) is 7.07. The molecular formula is C23H16BrClF3N3O2S. The summed E-state index contributed by atoms with van der Waals surface area (Å²) in [6.07, 6.45) is -3.33. The van der Waals surface area contributed by atoms with E-state index in [1.54, 1.807) is 0 Å². The Hall–Kier alpha value is -2.69. The largest absolute Gasteiger partial charge is 0.416 e. The summed E-state index contributed by atoms with van der Waals surface area (Å²) in [5.74, 6) is -0.707. The van der Waals surface area contributed by atoms with Crippen LogP contribution in [0.1, 0.15) is 23.4 Å². The molecule has 0 saturated carbocycles. The van der Waals surface area contributed by atoms with Gasteiger partial charge in [0.1, 0.15) is 10.9 Å². The van der Waals surface area contributed by atoms with Crippen LogP contribution in [0.5, 0.6) is 0 Å². The van der Waals surface area contributed by atoms with E-state index in [1.807, 2.05) is 31.2 Å². The second-order valence-corrected chi connectivity index (χ2v) is 10.1. The maximum atomic E-state index is 13.4. The number of nitrogens with zero attached hydrogens (tertiary/aromatic N) is 2. The summed E-state index contributed by atoms with van der Waals surface area (Å²) in [5.41, 5.74) is -0.0141. The smallest absolute Gasteiger partial charge is 0.323 e. The van der Waals surface area contributed by atoms with Gasteiger partial charge < -0.3 is 5.32 Å². The molecule has 11 heteroatoms. The Kier molecular flexibility index (Phi) is 6.58. The molecule has 2 aromatic carbocycles. The van der Waals surface area contributed by atoms with Gasteiger partial charge in [0.15, 0.2) is 0 Å². The van der Waals surface area contributed by atoms with Gasteiger partial charge in [0.25, 0.3) is 5.56 Å². The number of carbonyl (C=O) groups excluding carboxylic acids is 1. The lowest BCUT2D eigenvalue weighted by Gasteiger charge is -2.17. The highest BCUT2D eigenvalue weighted by Crippen LogP contribution is 2.36. The Labute approximate surface area is 209 Å². The zero-order chi connectivity index (χ0) is 24.8. The van der Waals surface area contributed by atoms with Crippen LogP contribution in [0.4, 0.5) is 18.9 Å². The number of aromatic nitrogens is 2. The molecule has 0 fully saturated rings. The number of anilines is 1. The summed E-state index contributed by atoms with van der Waals surface area (Å²) in [4.78, 5) is 32.1. The highest BCUT2D eigenvalue weighted by molar-refractivity contribution is 9.10. The van der Waals surface area contributed by atoms with E-state index in [4.69, 9.17) is 11.6 Å². The Bertz CT molecular complexity index is 1470.